The third-order valence-electron chi connectivity index (χ3n) is 1.79. The van der Waals surface area contributed by atoms with Gasteiger partial charge in [0, 0.05) is 0 Å². The molecule has 0 saturated carbocycles. The minimum atomic E-state index is 0.107. The van der Waals surface area contributed by atoms with E-state index in [1.54, 1.807) is 24.5 Å². The van der Waals surface area contributed by atoms with Crippen molar-refractivity contribution in [2.75, 3.05) is 6.61 Å². The van der Waals surface area contributed by atoms with E-state index in [0.717, 1.165) is 12.0 Å². The molecule has 0 heterocycles. The van der Waals surface area contributed by atoms with E-state index in [2.05, 4.69) is 0 Å². The maximum atomic E-state index is 10.0. The number of hydrogen-bond donors (Lipinski definition) is 1. The first-order valence-corrected chi connectivity index (χ1v) is 4.78. The summed E-state index contributed by atoms with van der Waals surface area (Å²) in [7, 11) is 0. The normalized spacial score (nSPS) is 10.5. The quantitative estimate of drug-likeness (QED) is 0.750. The summed E-state index contributed by atoms with van der Waals surface area (Å²) >= 11 is 0. The summed E-state index contributed by atoms with van der Waals surface area (Å²) < 4.78 is 5.32. The predicted octanol–water partition coefficient (Wildman–Crippen LogP) is 2.30. The van der Waals surface area contributed by atoms with Gasteiger partial charge in [-0.25, -0.2) is 0 Å². The molecule has 3 heteroatoms. The molecule has 0 saturated heterocycles. The van der Waals surface area contributed by atoms with Crippen LogP contribution in [-0.4, -0.2) is 18.0 Å². The van der Waals surface area contributed by atoms with Crippen molar-refractivity contribution in [1.29, 1.82) is 0 Å². The molecule has 0 aliphatic rings. The van der Waals surface area contributed by atoms with Crippen molar-refractivity contribution in [3.8, 4) is 11.5 Å². The van der Waals surface area contributed by atoms with Crippen LogP contribution in [0.5, 0.6) is 11.5 Å². The van der Waals surface area contributed by atoms with Crippen molar-refractivity contribution in [1.82, 2.24) is 0 Å². The smallest absolute Gasteiger partial charge is 0.225 e. The van der Waals surface area contributed by atoms with Gasteiger partial charge in [-0.15, -0.1) is 0 Å². The molecule has 15 heavy (non-hydrogen) atoms. The molecule has 0 fully saturated rings. The predicted molar refractivity (Wildman–Crippen MR) is 58.6 cm³/mol. The molecule has 0 aromatic heterocycles. The van der Waals surface area contributed by atoms with Gasteiger partial charge in [0.05, 0.1) is 6.61 Å². The number of carbonyl (C=O) groups excluding carboxylic acids is 1. The second-order valence-electron chi connectivity index (χ2n) is 3.03. The summed E-state index contributed by atoms with van der Waals surface area (Å²) in [6, 6.07) is 4.91. The standard InChI is InChI=1S/C12H13O3/c1-2-8-15-12-9-10(4-3-7-13)5-6-11(12)14/h3-6,9,14H,2,8H2,1H3/b4-3+. The van der Waals surface area contributed by atoms with E-state index in [9.17, 15) is 9.90 Å². The lowest BCUT2D eigenvalue weighted by atomic mass is 10.2. The summed E-state index contributed by atoms with van der Waals surface area (Å²) in [4.78, 5) is 10.0. The number of phenols is 1. The van der Waals surface area contributed by atoms with Crippen LogP contribution in [0.4, 0.5) is 0 Å². The number of phenolic OH excluding ortho intramolecular Hbond substituents is 1. The van der Waals surface area contributed by atoms with E-state index in [1.807, 2.05) is 6.92 Å². The highest BCUT2D eigenvalue weighted by molar-refractivity contribution is 5.74. The second-order valence-corrected chi connectivity index (χ2v) is 3.03. The molecular weight excluding hydrogens is 192 g/mol. The van der Waals surface area contributed by atoms with E-state index in [-0.39, 0.29) is 5.75 Å². The molecular formula is C12H13O3. The number of rotatable bonds is 5. The topological polar surface area (TPSA) is 46.5 Å². The van der Waals surface area contributed by atoms with Crippen molar-refractivity contribution in [3.63, 3.8) is 0 Å². The number of aromatic hydroxyl groups is 1. The molecule has 0 bridgehead atoms. The molecule has 0 spiro atoms. The lowest BCUT2D eigenvalue weighted by Gasteiger charge is -2.07. The first-order chi connectivity index (χ1) is 7.27. The van der Waals surface area contributed by atoms with E-state index in [0.29, 0.717) is 12.4 Å². The zero-order valence-corrected chi connectivity index (χ0v) is 8.56. The van der Waals surface area contributed by atoms with Crippen LogP contribution in [0.25, 0.3) is 6.08 Å². The van der Waals surface area contributed by atoms with Crippen molar-refractivity contribution >= 4 is 12.4 Å². The Hall–Kier alpha value is -1.77. The molecule has 1 aromatic rings. The fourth-order valence-electron chi connectivity index (χ4n) is 1.09. The van der Waals surface area contributed by atoms with Crippen molar-refractivity contribution in [3.05, 3.63) is 29.8 Å². The minimum absolute atomic E-state index is 0.107. The Morgan fingerprint density at radius 2 is 2.33 bits per heavy atom. The summed E-state index contributed by atoms with van der Waals surface area (Å²) in [6.45, 7) is 2.54. The average molecular weight is 205 g/mol. The van der Waals surface area contributed by atoms with Gasteiger partial charge in [-0.05, 0) is 30.2 Å². The zero-order valence-electron chi connectivity index (χ0n) is 8.56. The van der Waals surface area contributed by atoms with Gasteiger partial charge in [0.25, 0.3) is 0 Å². The van der Waals surface area contributed by atoms with Gasteiger partial charge in [-0.2, -0.15) is 0 Å². The zero-order chi connectivity index (χ0) is 11.1. The summed E-state index contributed by atoms with van der Waals surface area (Å²) in [5.41, 5.74) is 0.794. The molecule has 0 aliphatic heterocycles. The first-order valence-electron chi connectivity index (χ1n) is 4.78. The Morgan fingerprint density at radius 3 is 3.00 bits per heavy atom. The number of ether oxygens (including phenoxy) is 1. The lowest BCUT2D eigenvalue weighted by Crippen LogP contribution is -1.95. The Bertz CT molecular complexity index is 356. The third-order valence-corrected chi connectivity index (χ3v) is 1.79. The molecule has 1 aromatic carbocycles. The highest BCUT2D eigenvalue weighted by Crippen LogP contribution is 2.27. The maximum absolute atomic E-state index is 10.0. The summed E-state index contributed by atoms with van der Waals surface area (Å²) in [5, 5.41) is 9.46. The molecule has 3 nitrogen and oxygen atoms in total. The van der Waals surface area contributed by atoms with Crippen LogP contribution >= 0.6 is 0 Å². The second kappa shape index (κ2) is 5.86. The SMILES string of the molecule is CCCOc1cc(/C=C/[C]=O)ccc1O. The highest BCUT2D eigenvalue weighted by Gasteiger charge is 2.01. The average Bonchev–Trinajstić information content (AvgIpc) is 2.26. The summed E-state index contributed by atoms with van der Waals surface area (Å²) in [6.07, 6.45) is 5.41. The first kappa shape index (κ1) is 11.3. The van der Waals surface area contributed by atoms with Crippen LogP contribution in [0, 0.1) is 0 Å². The van der Waals surface area contributed by atoms with E-state index < -0.39 is 0 Å². The van der Waals surface area contributed by atoms with Crippen LogP contribution in [-0.2, 0) is 4.79 Å². The fourth-order valence-corrected chi connectivity index (χ4v) is 1.09. The van der Waals surface area contributed by atoms with Crippen molar-refractivity contribution in [2.24, 2.45) is 0 Å². The summed E-state index contributed by atoms with van der Waals surface area (Å²) in [5.74, 6) is 0.542. The monoisotopic (exact) mass is 205 g/mol. The van der Waals surface area contributed by atoms with Gasteiger partial charge in [0.1, 0.15) is 0 Å². The Labute approximate surface area is 89.0 Å². The largest absolute Gasteiger partial charge is 0.504 e. The van der Waals surface area contributed by atoms with Crippen molar-refractivity contribution in [2.45, 2.75) is 13.3 Å². The van der Waals surface area contributed by atoms with Gasteiger partial charge in [0.2, 0.25) is 6.29 Å². The third kappa shape index (κ3) is 3.46. The van der Waals surface area contributed by atoms with Crippen LogP contribution < -0.4 is 4.74 Å². The van der Waals surface area contributed by atoms with Crippen LogP contribution in [0.1, 0.15) is 18.9 Å². The van der Waals surface area contributed by atoms with Crippen LogP contribution in [0.15, 0.2) is 24.3 Å². The molecule has 0 atom stereocenters. The van der Waals surface area contributed by atoms with Gasteiger partial charge in [-0.1, -0.05) is 19.1 Å². The van der Waals surface area contributed by atoms with Crippen LogP contribution in [0.2, 0.25) is 0 Å². The Morgan fingerprint density at radius 1 is 1.53 bits per heavy atom. The molecule has 1 rings (SSSR count). The lowest BCUT2D eigenvalue weighted by molar-refractivity contribution is 0.299. The maximum Gasteiger partial charge on any atom is 0.225 e. The molecule has 0 amide bonds. The van der Waals surface area contributed by atoms with Gasteiger partial charge >= 0.3 is 0 Å². The Balaban J connectivity index is 2.84. The molecule has 0 unspecified atom stereocenters. The number of allylic oxidation sites excluding steroid dienone is 1. The van der Waals surface area contributed by atoms with Crippen LogP contribution in [0.3, 0.4) is 0 Å². The Kier molecular flexibility index (Phi) is 4.41. The molecule has 0 aliphatic carbocycles. The van der Waals surface area contributed by atoms with E-state index in [1.165, 1.54) is 12.1 Å². The fraction of sp³-hybridized carbons (Fsp3) is 0.250. The van der Waals surface area contributed by atoms with Crippen molar-refractivity contribution < 1.29 is 14.6 Å². The molecule has 1 radical (unpaired) electrons. The van der Waals surface area contributed by atoms with E-state index >= 15 is 0 Å². The minimum Gasteiger partial charge on any atom is -0.504 e. The number of benzene rings is 1. The van der Waals surface area contributed by atoms with Gasteiger partial charge in [-0.3, -0.25) is 4.79 Å². The highest BCUT2D eigenvalue weighted by atomic mass is 16.5. The molecule has 1 N–H and O–H groups in total. The van der Waals surface area contributed by atoms with Gasteiger partial charge in [0.15, 0.2) is 11.5 Å². The van der Waals surface area contributed by atoms with E-state index in [4.69, 9.17) is 4.74 Å². The number of hydrogen-bond acceptors (Lipinski definition) is 3. The van der Waals surface area contributed by atoms with Gasteiger partial charge < -0.3 is 9.84 Å². The molecule has 79 valence electrons.